The molecule has 0 unspecified atom stereocenters. The van der Waals surface area contributed by atoms with Crippen molar-refractivity contribution in [3.8, 4) is 0 Å². The van der Waals surface area contributed by atoms with Gasteiger partial charge in [-0.2, -0.15) is 0 Å². The monoisotopic (exact) mass is 192 g/mol. The average Bonchev–Trinajstić information content (AvgIpc) is 2.64. The highest BCUT2D eigenvalue weighted by Gasteiger charge is 2.06. The molecule has 3 rings (SSSR count). The van der Waals surface area contributed by atoms with E-state index in [9.17, 15) is 0 Å². The zero-order valence-corrected chi connectivity index (χ0v) is 7.65. The maximum absolute atomic E-state index is 4.46. The number of fused-ring (bicyclic) bond motifs is 2. The van der Waals surface area contributed by atoms with Gasteiger partial charge in [0, 0.05) is 21.5 Å². The van der Waals surface area contributed by atoms with Crippen LogP contribution in [0.4, 0.5) is 0 Å². The van der Waals surface area contributed by atoms with Crippen LogP contribution in [0.3, 0.4) is 0 Å². The molecule has 0 spiro atoms. The Balaban J connectivity index is 2.48. The first-order chi connectivity index (χ1) is 5.93. The third kappa shape index (κ3) is 0.790. The SMILES string of the molecule is C1=S=Cc2nc3cscc3nc21. The van der Waals surface area contributed by atoms with Crippen molar-refractivity contribution >= 4 is 44.0 Å². The van der Waals surface area contributed by atoms with Gasteiger partial charge in [0.1, 0.15) is 22.4 Å². The summed E-state index contributed by atoms with van der Waals surface area (Å²) in [4.78, 5) is 8.91. The predicted octanol–water partition coefficient (Wildman–Crippen LogP) is 1.74. The van der Waals surface area contributed by atoms with Crippen molar-refractivity contribution in [3.05, 3.63) is 22.1 Å². The van der Waals surface area contributed by atoms with Gasteiger partial charge in [0.15, 0.2) is 0 Å². The van der Waals surface area contributed by atoms with Gasteiger partial charge in [0.25, 0.3) is 0 Å². The Labute approximate surface area is 76.4 Å². The first-order valence-electron chi connectivity index (χ1n) is 3.49. The molecule has 0 fully saturated rings. The second-order valence-corrected chi connectivity index (χ2v) is 4.00. The third-order valence-corrected chi connectivity index (χ3v) is 3.16. The first-order valence-corrected chi connectivity index (χ1v) is 5.38. The van der Waals surface area contributed by atoms with E-state index >= 15 is 0 Å². The van der Waals surface area contributed by atoms with Crippen molar-refractivity contribution in [3.63, 3.8) is 0 Å². The van der Waals surface area contributed by atoms with Gasteiger partial charge in [-0.25, -0.2) is 9.97 Å². The fourth-order valence-corrected chi connectivity index (χ4v) is 2.51. The lowest BCUT2D eigenvalue weighted by Gasteiger charge is -1.94. The Morgan fingerprint density at radius 3 is 2.08 bits per heavy atom. The summed E-state index contributed by atoms with van der Waals surface area (Å²) in [5, 5.41) is 8.11. The van der Waals surface area contributed by atoms with Gasteiger partial charge in [-0.1, -0.05) is 0 Å². The van der Waals surface area contributed by atoms with E-state index in [-0.39, 0.29) is 0 Å². The van der Waals surface area contributed by atoms with E-state index in [4.69, 9.17) is 0 Å². The van der Waals surface area contributed by atoms with Gasteiger partial charge in [0.2, 0.25) is 0 Å². The standard InChI is InChI=1S/C8H4N2S2/c1-5-6(2-11-1)10-8-4-12-3-7(8)9-5/h1-4H. The van der Waals surface area contributed by atoms with Crippen molar-refractivity contribution in [2.24, 2.45) is 0 Å². The van der Waals surface area contributed by atoms with Crippen molar-refractivity contribution in [1.29, 1.82) is 0 Å². The van der Waals surface area contributed by atoms with Gasteiger partial charge in [-0.05, 0) is 0 Å². The maximum Gasteiger partial charge on any atom is 0.100 e. The predicted molar refractivity (Wildman–Crippen MR) is 55.3 cm³/mol. The van der Waals surface area contributed by atoms with Crippen LogP contribution < -0.4 is 0 Å². The summed E-state index contributed by atoms with van der Waals surface area (Å²) in [5.41, 5.74) is 4.02. The number of hydrogen-bond acceptors (Lipinski definition) is 3. The lowest BCUT2D eigenvalue weighted by molar-refractivity contribution is 1.28. The Morgan fingerprint density at radius 2 is 1.50 bits per heavy atom. The Kier molecular flexibility index (Phi) is 1.22. The number of thiophene rings is 1. The molecule has 0 radical (unpaired) electrons. The van der Waals surface area contributed by atoms with Gasteiger partial charge >= 0.3 is 0 Å². The number of nitrogens with zero attached hydrogens (tertiary/aromatic N) is 2. The topological polar surface area (TPSA) is 25.8 Å². The van der Waals surface area contributed by atoms with Gasteiger partial charge in [-0.3, -0.25) is 0 Å². The van der Waals surface area contributed by atoms with Crippen molar-refractivity contribution < 1.29 is 0 Å². The maximum atomic E-state index is 4.46. The van der Waals surface area contributed by atoms with E-state index in [0.717, 1.165) is 22.4 Å². The molecule has 0 amide bonds. The highest BCUT2D eigenvalue weighted by Crippen LogP contribution is 2.17. The molecular weight excluding hydrogens is 188 g/mol. The molecule has 0 aliphatic carbocycles. The molecular formula is C8H4N2S2. The summed E-state index contributed by atoms with van der Waals surface area (Å²) in [6.07, 6.45) is 0. The summed E-state index contributed by atoms with van der Waals surface area (Å²) in [7, 11) is 1.65. The number of rotatable bonds is 0. The van der Waals surface area contributed by atoms with Crippen LogP contribution in [0.2, 0.25) is 0 Å². The second kappa shape index (κ2) is 2.24. The lowest BCUT2D eigenvalue weighted by atomic mass is 10.3. The largest absolute Gasteiger partial charge is 0.243 e. The molecule has 58 valence electrons. The molecule has 3 heterocycles. The molecule has 12 heavy (non-hydrogen) atoms. The first kappa shape index (κ1) is 6.51. The van der Waals surface area contributed by atoms with Crippen LogP contribution in [-0.2, 0) is 0 Å². The highest BCUT2D eigenvalue weighted by atomic mass is 32.1. The molecule has 0 N–H and O–H groups in total. The summed E-state index contributed by atoms with van der Waals surface area (Å²) in [6, 6.07) is 0. The Morgan fingerprint density at radius 1 is 0.917 bits per heavy atom. The van der Waals surface area contributed by atoms with E-state index in [0.29, 0.717) is 0 Å². The molecule has 0 saturated carbocycles. The van der Waals surface area contributed by atoms with E-state index in [1.54, 1.807) is 22.3 Å². The Bertz CT molecular complexity index is 479. The molecule has 0 bridgehead atoms. The minimum Gasteiger partial charge on any atom is -0.243 e. The molecule has 1 aliphatic heterocycles. The minimum atomic E-state index is 1.01. The Hall–Kier alpha value is -1.00. The molecule has 0 aromatic carbocycles. The molecule has 0 saturated heterocycles. The quantitative estimate of drug-likeness (QED) is 0.507. The van der Waals surface area contributed by atoms with Crippen LogP contribution in [0.25, 0.3) is 11.0 Å². The molecule has 1 aliphatic rings. The zero-order valence-electron chi connectivity index (χ0n) is 6.02. The van der Waals surface area contributed by atoms with Crippen molar-refractivity contribution in [1.82, 2.24) is 9.97 Å². The summed E-state index contributed by atoms with van der Waals surface area (Å²) in [6.45, 7) is 0. The summed E-state index contributed by atoms with van der Waals surface area (Å²) >= 11 is 1.65. The zero-order chi connectivity index (χ0) is 7.97. The fourth-order valence-electron chi connectivity index (χ4n) is 1.16. The second-order valence-electron chi connectivity index (χ2n) is 2.51. The third-order valence-electron chi connectivity index (χ3n) is 1.73. The molecule has 4 heteroatoms. The van der Waals surface area contributed by atoms with Crippen LogP contribution in [-0.4, -0.2) is 20.7 Å². The minimum absolute atomic E-state index is 1.01. The lowest BCUT2D eigenvalue weighted by Crippen LogP contribution is -1.94. The van der Waals surface area contributed by atoms with Gasteiger partial charge in [0.05, 0.1) is 0 Å². The van der Waals surface area contributed by atoms with E-state index in [2.05, 4.69) is 9.97 Å². The van der Waals surface area contributed by atoms with Crippen LogP contribution in [0.5, 0.6) is 0 Å². The highest BCUT2D eigenvalue weighted by molar-refractivity contribution is 7.97. The van der Waals surface area contributed by atoms with E-state index < -0.39 is 0 Å². The fraction of sp³-hybridized carbons (Fsp3) is 0. The summed E-state index contributed by atoms with van der Waals surface area (Å²) in [5.74, 6) is 0. The van der Waals surface area contributed by atoms with Gasteiger partial charge in [-0.15, -0.1) is 22.3 Å². The van der Waals surface area contributed by atoms with Crippen molar-refractivity contribution in [2.45, 2.75) is 0 Å². The molecule has 2 aromatic rings. The van der Waals surface area contributed by atoms with Crippen LogP contribution >= 0.6 is 22.3 Å². The number of aromatic nitrogens is 2. The van der Waals surface area contributed by atoms with Crippen LogP contribution in [0.1, 0.15) is 11.4 Å². The average molecular weight is 192 g/mol. The van der Waals surface area contributed by atoms with Crippen LogP contribution in [0.15, 0.2) is 10.8 Å². The molecule has 2 nitrogen and oxygen atoms in total. The normalized spacial score (nSPS) is 13.3. The van der Waals surface area contributed by atoms with E-state index in [1.807, 2.05) is 21.5 Å². The summed E-state index contributed by atoms with van der Waals surface area (Å²) < 4.78 is 0. The smallest absolute Gasteiger partial charge is 0.100 e. The molecule has 0 atom stereocenters. The van der Waals surface area contributed by atoms with Gasteiger partial charge < -0.3 is 0 Å². The molecule has 2 aromatic heterocycles. The van der Waals surface area contributed by atoms with E-state index in [1.165, 1.54) is 0 Å². The van der Waals surface area contributed by atoms with Crippen molar-refractivity contribution in [2.75, 3.05) is 0 Å². The van der Waals surface area contributed by atoms with Crippen LogP contribution in [0, 0.1) is 0 Å². The number of hydrogen-bond donors (Lipinski definition) is 0.